The Kier molecular flexibility index (Phi) is 4.78. The topological polar surface area (TPSA) is 62.3 Å². The molecule has 0 amide bonds. The highest BCUT2D eigenvalue weighted by Gasteiger charge is 2.18. The summed E-state index contributed by atoms with van der Waals surface area (Å²) in [6, 6.07) is 7.95. The molecule has 1 heterocycles. The molecule has 0 saturated carbocycles. The fraction of sp³-hybridized carbons (Fsp3) is 0.533. The van der Waals surface area contributed by atoms with Gasteiger partial charge >= 0.3 is 0 Å². The largest absolute Gasteiger partial charge is 0.495 e. The number of benzene rings is 1. The van der Waals surface area contributed by atoms with E-state index in [1.54, 1.807) is 7.11 Å². The number of methoxy groups -OCH3 is 1. The van der Waals surface area contributed by atoms with Crippen LogP contribution in [0, 0.1) is 17.2 Å². The van der Waals surface area contributed by atoms with Gasteiger partial charge < -0.3 is 10.5 Å². The van der Waals surface area contributed by atoms with Crippen LogP contribution in [0.15, 0.2) is 18.2 Å². The Balaban J connectivity index is 1.98. The summed E-state index contributed by atoms with van der Waals surface area (Å²) in [6.45, 7) is 3.92. The van der Waals surface area contributed by atoms with E-state index in [0.29, 0.717) is 17.2 Å². The molecule has 4 heteroatoms. The predicted molar refractivity (Wildman–Crippen MR) is 74.8 cm³/mol. The SMILES string of the molecule is COc1cc(CN2CCC(CN)CC2)ccc1C#N. The summed E-state index contributed by atoms with van der Waals surface area (Å²) in [6.07, 6.45) is 2.37. The Morgan fingerprint density at radius 2 is 2.16 bits per heavy atom. The number of hydrogen-bond donors (Lipinski definition) is 1. The monoisotopic (exact) mass is 259 g/mol. The minimum Gasteiger partial charge on any atom is -0.495 e. The lowest BCUT2D eigenvalue weighted by molar-refractivity contribution is 0.180. The lowest BCUT2D eigenvalue weighted by Gasteiger charge is -2.31. The van der Waals surface area contributed by atoms with Gasteiger partial charge in [0.1, 0.15) is 11.8 Å². The summed E-state index contributed by atoms with van der Waals surface area (Å²) in [5, 5.41) is 8.97. The summed E-state index contributed by atoms with van der Waals surface area (Å²) in [5.41, 5.74) is 7.49. The van der Waals surface area contributed by atoms with Crippen LogP contribution in [0.2, 0.25) is 0 Å². The van der Waals surface area contributed by atoms with Crippen LogP contribution in [-0.2, 0) is 6.54 Å². The lowest BCUT2D eigenvalue weighted by atomic mass is 9.97. The van der Waals surface area contributed by atoms with E-state index in [9.17, 15) is 0 Å². The number of nitrogens with zero attached hydrogens (tertiary/aromatic N) is 2. The first-order valence-corrected chi connectivity index (χ1v) is 6.76. The smallest absolute Gasteiger partial charge is 0.136 e. The van der Waals surface area contributed by atoms with Crippen molar-refractivity contribution in [2.45, 2.75) is 19.4 Å². The zero-order valence-electron chi connectivity index (χ0n) is 11.4. The molecule has 0 aromatic heterocycles. The predicted octanol–water partition coefficient (Wildman–Crippen LogP) is 1.74. The van der Waals surface area contributed by atoms with Gasteiger partial charge in [0, 0.05) is 6.54 Å². The molecule has 0 atom stereocenters. The van der Waals surface area contributed by atoms with Crippen molar-refractivity contribution in [3.63, 3.8) is 0 Å². The molecule has 1 fully saturated rings. The van der Waals surface area contributed by atoms with E-state index in [1.807, 2.05) is 18.2 Å². The average molecular weight is 259 g/mol. The highest BCUT2D eigenvalue weighted by Crippen LogP contribution is 2.22. The van der Waals surface area contributed by atoms with Gasteiger partial charge in [-0.25, -0.2) is 0 Å². The molecule has 1 aromatic rings. The van der Waals surface area contributed by atoms with E-state index in [0.717, 1.165) is 26.2 Å². The Morgan fingerprint density at radius 1 is 1.42 bits per heavy atom. The van der Waals surface area contributed by atoms with Crippen molar-refractivity contribution < 1.29 is 4.74 Å². The third kappa shape index (κ3) is 3.46. The molecular weight excluding hydrogens is 238 g/mol. The number of rotatable bonds is 4. The second-order valence-electron chi connectivity index (χ2n) is 5.10. The molecule has 4 nitrogen and oxygen atoms in total. The van der Waals surface area contributed by atoms with Crippen LogP contribution < -0.4 is 10.5 Å². The Bertz CT molecular complexity index is 459. The molecule has 2 rings (SSSR count). The van der Waals surface area contributed by atoms with Crippen molar-refractivity contribution in [2.75, 3.05) is 26.7 Å². The van der Waals surface area contributed by atoms with Gasteiger partial charge in [-0.1, -0.05) is 6.07 Å². The van der Waals surface area contributed by atoms with E-state index < -0.39 is 0 Å². The maximum Gasteiger partial charge on any atom is 0.136 e. The van der Waals surface area contributed by atoms with Crippen LogP contribution in [0.4, 0.5) is 0 Å². The van der Waals surface area contributed by atoms with Gasteiger partial charge in [-0.05, 0) is 56.1 Å². The normalized spacial score (nSPS) is 17.1. The lowest BCUT2D eigenvalue weighted by Crippen LogP contribution is -2.35. The molecule has 0 radical (unpaired) electrons. The molecule has 1 aliphatic rings. The quantitative estimate of drug-likeness (QED) is 0.894. The molecule has 1 aromatic carbocycles. The third-order valence-corrected chi connectivity index (χ3v) is 3.83. The van der Waals surface area contributed by atoms with Gasteiger partial charge in [-0.2, -0.15) is 5.26 Å². The zero-order chi connectivity index (χ0) is 13.7. The molecule has 102 valence electrons. The van der Waals surface area contributed by atoms with Crippen LogP contribution in [0.25, 0.3) is 0 Å². The summed E-state index contributed by atoms with van der Waals surface area (Å²) in [4.78, 5) is 2.44. The highest BCUT2D eigenvalue weighted by atomic mass is 16.5. The first kappa shape index (κ1) is 13.9. The number of piperidine rings is 1. The van der Waals surface area contributed by atoms with Crippen molar-refractivity contribution in [3.8, 4) is 11.8 Å². The van der Waals surface area contributed by atoms with E-state index in [4.69, 9.17) is 15.7 Å². The Morgan fingerprint density at radius 3 is 2.74 bits per heavy atom. The number of nitrogens with two attached hydrogens (primary N) is 1. The van der Waals surface area contributed by atoms with E-state index in [1.165, 1.54) is 18.4 Å². The van der Waals surface area contributed by atoms with Gasteiger partial charge in [0.15, 0.2) is 0 Å². The van der Waals surface area contributed by atoms with Crippen molar-refractivity contribution in [1.29, 1.82) is 5.26 Å². The summed E-state index contributed by atoms with van der Waals surface area (Å²) in [7, 11) is 1.60. The fourth-order valence-electron chi connectivity index (χ4n) is 2.56. The number of nitriles is 1. The Labute approximate surface area is 114 Å². The number of ether oxygens (including phenoxy) is 1. The molecule has 0 aliphatic carbocycles. The van der Waals surface area contributed by atoms with Gasteiger partial charge in [0.25, 0.3) is 0 Å². The van der Waals surface area contributed by atoms with E-state index >= 15 is 0 Å². The molecule has 2 N–H and O–H groups in total. The Hall–Kier alpha value is -1.57. The van der Waals surface area contributed by atoms with Gasteiger partial charge in [-0.15, -0.1) is 0 Å². The first-order valence-electron chi connectivity index (χ1n) is 6.76. The maximum atomic E-state index is 8.97. The maximum absolute atomic E-state index is 8.97. The van der Waals surface area contributed by atoms with Crippen LogP contribution in [-0.4, -0.2) is 31.6 Å². The highest BCUT2D eigenvalue weighted by molar-refractivity contribution is 5.45. The molecule has 0 bridgehead atoms. The third-order valence-electron chi connectivity index (χ3n) is 3.83. The van der Waals surface area contributed by atoms with Crippen molar-refractivity contribution in [3.05, 3.63) is 29.3 Å². The molecule has 1 aliphatic heterocycles. The second kappa shape index (κ2) is 6.55. The van der Waals surface area contributed by atoms with Gasteiger partial charge in [0.05, 0.1) is 12.7 Å². The molecular formula is C15H21N3O. The average Bonchev–Trinajstić information content (AvgIpc) is 2.48. The van der Waals surface area contributed by atoms with Crippen LogP contribution in [0.1, 0.15) is 24.0 Å². The summed E-state index contributed by atoms with van der Waals surface area (Å²) in [5.74, 6) is 1.35. The van der Waals surface area contributed by atoms with Crippen molar-refractivity contribution in [2.24, 2.45) is 11.7 Å². The van der Waals surface area contributed by atoms with Gasteiger partial charge in [0.2, 0.25) is 0 Å². The molecule has 0 unspecified atom stereocenters. The van der Waals surface area contributed by atoms with E-state index in [2.05, 4.69) is 11.0 Å². The molecule has 19 heavy (non-hydrogen) atoms. The fourth-order valence-corrected chi connectivity index (χ4v) is 2.56. The van der Waals surface area contributed by atoms with Crippen LogP contribution in [0.5, 0.6) is 5.75 Å². The summed E-state index contributed by atoms with van der Waals surface area (Å²) < 4.78 is 5.24. The molecule has 0 spiro atoms. The summed E-state index contributed by atoms with van der Waals surface area (Å²) >= 11 is 0. The minimum absolute atomic E-state index is 0.591. The first-order chi connectivity index (χ1) is 9.26. The number of hydrogen-bond acceptors (Lipinski definition) is 4. The standard InChI is InChI=1S/C15H21N3O/c1-19-15-8-13(2-3-14(15)10-17)11-18-6-4-12(9-16)5-7-18/h2-3,8,12H,4-7,9,11,16H2,1H3. The van der Waals surface area contributed by atoms with Crippen LogP contribution in [0.3, 0.4) is 0 Å². The number of likely N-dealkylation sites (tertiary alicyclic amines) is 1. The van der Waals surface area contributed by atoms with Gasteiger partial charge in [-0.3, -0.25) is 4.90 Å². The minimum atomic E-state index is 0.591. The second-order valence-corrected chi connectivity index (χ2v) is 5.10. The van der Waals surface area contributed by atoms with E-state index in [-0.39, 0.29) is 0 Å². The van der Waals surface area contributed by atoms with Crippen molar-refractivity contribution in [1.82, 2.24) is 4.90 Å². The zero-order valence-corrected chi connectivity index (χ0v) is 11.4. The van der Waals surface area contributed by atoms with Crippen molar-refractivity contribution >= 4 is 0 Å². The molecule has 1 saturated heterocycles. The van der Waals surface area contributed by atoms with Crippen LogP contribution >= 0.6 is 0 Å².